The lowest BCUT2D eigenvalue weighted by Crippen LogP contribution is -2.26. The molecule has 3 aromatic rings. The number of hydrogen-bond acceptors (Lipinski definition) is 3. The number of anilines is 1. The van der Waals surface area contributed by atoms with E-state index in [0.29, 0.717) is 34.4 Å². The molecule has 0 atom stereocenters. The molecule has 5 nitrogen and oxygen atoms in total. The van der Waals surface area contributed by atoms with Gasteiger partial charge in [-0.1, -0.05) is 23.2 Å². The fourth-order valence-corrected chi connectivity index (χ4v) is 3.39. The first-order chi connectivity index (χ1) is 12.0. The average molecular weight is 377 g/mol. The molecule has 0 unspecified atom stereocenters. The summed E-state index contributed by atoms with van der Waals surface area (Å²) in [7, 11) is 1.74. The van der Waals surface area contributed by atoms with Gasteiger partial charge in [-0.25, -0.2) is 4.98 Å². The number of amides is 1. The van der Waals surface area contributed by atoms with Crippen LogP contribution in [0.25, 0.3) is 10.9 Å². The van der Waals surface area contributed by atoms with Crippen LogP contribution in [0.15, 0.2) is 30.5 Å². The van der Waals surface area contributed by atoms with Crippen molar-refractivity contribution in [1.82, 2.24) is 15.3 Å². The van der Waals surface area contributed by atoms with E-state index in [-0.39, 0.29) is 5.91 Å². The number of pyridine rings is 1. The van der Waals surface area contributed by atoms with E-state index < -0.39 is 0 Å². The Balaban J connectivity index is 1.77. The molecule has 2 aromatic heterocycles. The largest absolute Gasteiger partial charge is 0.372 e. The van der Waals surface area contributed by atoms with E-state index in [2.05, 4.69) is 20.6 Å². The molecule has 0 aliphatic heterocycles. The number of aryl methyl sites for hydroxylation is 1. The molecule has 3 rings (SSSR count). The molecule has 25 heavy (non-hydrogen) atoms. The Bertz CT molecular complexity index is 936. The monoisotopic (exact) mass is 376 g/mol. The van der Waals surface area contributed by atoms with Crippen LogP contribution in [0.4, 0.5) is 5.82 Å². The second-order valence-corrected chi connectivity index (χ2v) is 6.48. The molecular formula is C18H18Cl2N4O. The van der Waals surface area contributed by atoms with Gasteiger partial charge in [0.2, 0.25) is 0 Å². The highest BCUT2D eigenvalue weighted by atomic mass is 35.5. The number of halogens is 2. The zero-order valence-corrected chi connectivity index (χ0v) is 15.4. The molecule has 0 saturated carbocycles. The highest BCUT2D eigenvalue weighted by Crippen LogP contribution is 2.33. The van der Waals surface area contributed by atoms with E-state index >= 15 is 0 Å². The van der Waals surface area contributed by atoms with Crippen molar-refractivity contribution >= 4 is 45.8 Å². The van der Waals surface area contributed by atoms with Gasteiger partial charge in [0.05, 0.1) is 21.1 Å². The number of nitrogens with zero attached hydrogens (tertiary/aromatic N) is 1. The Morgan fingerprint density at radius 3 is 2.76 bits per heavy atom. The number of fused-ring (bicyclic) bond motifs is 1. The van der Waals surface area contributed by atoms with Gasteiger partial charge >= 0.3 is 0 Å². The summed E-state index contributed by atoms with van der Waals surface area (Å²) in [5.41, 5.74) is 3.40. The molecule has 1 aromatic carbocycles. The molecule has 0 bridgehead atoms. The first-order valence-electron chi connectivity index (χ1n) is 7.89. The van der Waals surface area contributed by atoms with Gasteiger partial charge in [0.15, 0.2) is 0 Å². The summed E-state index contributed by atoms with van der Waals surface area (Å²) < 4.78 is 0. The van der Waals surface area contributed by atoms with Crippen LogP contribution < -0.4 is 10.6 Å². The van der Waals surface area contributed by atoms with E-state index in [4.69, 9.17) is 23.2 Å². The summed E-state index contributed by atoms with van der Waals surface area (Å²) in [5.74, 6) is 0.386. The number of rotatable bonds is 5. The normalized spacial score (nSPS) is 10.9. The maximum atomic E-state index is 12.4. The van der Waals surface area contributed by atoms with Crippen molar-refractivity contribution in [2.24, 2.45) is 0 Å². The molecule has 130 valence electrons. The number of hydrogen-bond donors (Lipinski definition) is 3. The smallest absolute Gasteiger partial charge is 0.255 e. The maximum absolute atomic E-state index is 12.4. The predicted octanol–water partition coefficient (Wildman–Crippen LogP) is 4.19. The van der Waals surface area contributed by atoms with E-state index in [1.807, 2.05) is 6.92 Å². The molecule has 3 N–H and O–H groups in total. The predicted molar refractivity (Wildman–Crippen MR) is 103 cm³/mol. The Kier molecular flexibility index (Phi) is 5.16. The topological polar surface area (TPSA) is 69.8 Å². The van der Waals surface area contributed by atoms with Gasteiger partial charge in [-0.15, -0.1) is 0 Å². The first kappa shape index (κ1) is 17.6. The quantitative estimate of drug-likeness (QED) is 0.624. The molecule has 0 saturated heterocycles. The summed E-state index contributed by atoms with van der Waals surface area (Å²) in [6.07, 6.45) is 2.29. The Hall–Kier alpha value is -2.24. The molecule has 0 spiro atoms. The van der Waals surface area contributed by atoms with Crippen molar-refractivity contribution in [2.75, 3.05) is 18.9 Å². The molecule has 7 heteroatoms. The Morgan fingerprint density at radius 1 is 1.24 bits per heavy atom. The summed E-state index contributed by atoms with van der Waals surface area (Å²) in [6.45, 7) is 2.46. The van der Waals surface area contributed by atoms with Crippen molar-refractivity contribution in [1.29, 1.82) is 0 Å². The van der Waals surface area contributed by atoms with Crippen LogP contribution >= 0.6 is 23.2 Å². The third kappa shape index (κ3) is 3.43. The number of nitrogens with one attached hydrogen (secondary N) is 3. The van der Waals surface area contributed by atoms with Gasteiger partial charge in [-0.05, 0) is 43.2 Å². The minimum Gasteiger partial charge on any atom is -0.372 e. The minimum absolute atomic E-state index is 0.168. The van der Waals surface area contributed by atoms with Crippen LogP contribution in [0.5, 0.6) is 0 Å². The van der Waals surface area contributed by atoms with Gasteiger partial charge < -0.3 is 15.6 Å². The Labute approximate surface area is 155 Å². The van der Waals surface area contributed by atoms with Crippen molar-refractivity contribution < 1.29 is 4.79 Å². The summed E-state index contributed by atoms with van der Waals surface area (Å²) in [4.78, 5) is 19.8. The van der Waals surface area contributed by atoms with Crippen LogP contribution in [0, 0.1) is 6.92 Å². The number of carbonyl (C=O) groups excluding carboxylic acids is 1. The highest BCUT2D eigenvalue weighted by Gasteiger charge is 2.15. The van der Waals surface area contributed by atoms with E-state index in [0.717, 1.165) is 22.2 Å². The zero-order valence-electron chi connectivity index (χ0n) is 13.9. The van der Waals surface area contributed by atoms with Crippen LogP contribution in [0.3, 0.4) is 0 Å². The molecular weight excluding hydrogens is 359 g/mol. The van der Waals surface area contributed by atoms with Gasteiger partial charge in [0.1, 0.15) is 5.82 Å². The number of H-pyrrole nitrogens is 1. The van der Waals surface area contributed by atoms with Gasteiger partial charge in [0, 0.05) is 30.9 Å². The first-order valence-corrected chi connectivity index (χ1v) is 8.64. The number of carbonyl (C=O) groups is 1. The van der Waals surface area contributed by atoms with E-state index in [9.17, 15) is 4.79 Å². The van der Waals surface area contributed by atoms with Crippen molar-refractivity contribution in [3.8, 4) is 0 Å². The fourth-order valence-electron chi connectivity index (χ4n) is 2.92. The second-order valence-electron chi connectivity index (χ2n) is 5.66. The van der Waals surface area contributed by atoms with E-state index in [1.54, 1.807) is 37.5 Å². The molecule has 2 heterocycles. The lowest BCUT2D eigenvalue weighted by atomic mass is 10.1. The fraction of sp³-hybridized carbons (Fsp3) is 0.222. The third-order valence-corrected chi connectivity index (χ3v) is 4.75. The summed E-state index contributed by atoms with van der Waals surface area (Å²) in [5, 5.41) is 8.04. The van der Waals surface area contributed by atoms with E-state index in [1.165, 1.54) is 0 Å². The zero-order chi connectivity index (χ0) is 18.0. The molecule has 0 radical (unpaired) electrons. The lowest BCUT2D eigenvalue weighted by molar-refractivity contribution is 0.0954. The molecule has 0 aliphatic carbocycles. The Morgan fingerprint density at radius 2 is 2.00 bits per heavy atom. The number of aromatic amines is 1. The lowest BCUT2D eigenvalue weighted by Gasteiger charge is -2.09. The molecule has 0 fully saturated rings. The van der Waals surface area contributed by atoms with Crippen LogP contribution in [-0.2, 0) is 6.42 Å². The number of benzene rings is 1. The maximum Gasteiger partial charge on any atom is 0.255 e. The van der Waals surface area contributed by atoms with Crippen molar-refractivity contribution in [3.63, 3.8) is 0 Å². The molecule has 0 aliphatic rings. The highest BCUT2D eigenvalue weighted by molar-refractivity contribution is 6.40. The third-order valence-electron chi connectivity index (χ3n) is 4.12. The van der Waals surface area contributed by atoms with Crippen molar-refractivity contribution in [3.05, 3.63) is 57.3 Å². The number of aromatic nitrogens is 2. The van der Waals surface area contributed by atoms with Crippen molar-refractivity contribution in [2.45, 2.75) is 13.3 Å². The molecule has 1 amide bonds. The minimum atomic E-state index is -0.168. The average Bonchev–Trinajstić information content (AvgIpc) is 2.96. The standard InChI is InChI=1S/C18H18Cl2N4O/c1-10-11(15-13(19)5-6-14(20)16(15)24-10)7-9-23-18(25)12-4-3-8-22-17(12)21-2/h3-6,8,24H,7,9H2,1-2H3,(H,21,22)(H,23,25). The summed E-state index contributed by atoms with van der Waals surface area (Å²) >= 11 is 12.6. The second kappa shape index (κ2) is 7.33. The van der Waals surface area contributed by atoms with Crippen LogP contribution in [0.2, 0.25) is 10.0 Å². The van der Waals surface area contributed by atoms with Gasteiger partial charge in [0.25, 0.3) is 5.91 Å². The van der Waals surface area contributed by atoms with Crippen LogP contribution in [0.1, 0.15) is 21.6 Å². The summed E-state index contributed by atoms with van der Waals surface area (Å²) in [6, 6.07) is 7.04. The van der Waals surface area contributed by atoms with Crippen LogP contribution in [-0.4, -0.2) is 29.5 Å². The van der Waals surface area contributed by atoms with Gasteiger partial charge in [-0.2, -0.15) is 0 Å². The SMILES string of the molecule is CNc1ncccc1C(=O)NCCc1c(C)[nH]c2c(Cl)ccc(Cl)c12. The van der Waals surface area contributed by atoms with Gasteiger partial charge in [-0.3, -0.25) is 4.79 Å².